The standard InChI is InChI=1S/C19H18F3NO6S/c1-28-17-15(24)11-23(18(17)25)14-7-8-16(29-30(26,27)19(20,21)22)13(10-14)9-12-5-3-2-4-6-12/h2-8,10,15,17,24H,9,11H2,1H3. The molecule has 1 heterocycles. The number of hydrogen-bond acceptors (Lipinski definition) is 6. The Bertz CT molecular complexity index is 1030. The van der Waals surface area contributed by atoms with Crippen LogP contribution in [0, 0.1) is 0 Å². The number of nitrogens with zero attached hydrogens (tertiary/aromatic N) is 1. The molecule has 0 spiro atoms. The lowest BCUT2D eigenvalue weighted by atomic mass is 10.0. The van der Waals surface area contributed by atoms with Crippen molar-refractivity contribution in [1.29, 1.82) is 0 Å². The molecule has 2 aromatic rings. The van der Waals surface area contributed by atoms with E-state index in [1.807, 2.05) is 0 Å². The molecule has 0 bridgehead atoms. The van der Waals surface area contributed by atoms with Crippen molar-refractivity contribution in [2.45, 2.75) is 24.1 Å². The number of amides is 1. The molecule has 1 aliphatic rings. The first-order valence-electron chi connectivity index (χ1n) is 8.73. The molecule has 2 unspecified atom stereocenters. The zero-order valence-corrected chi connectivity index (χ0v) is 16.5. The molecule has 1 saturated heterocycles. The van der Waals surface area contributed by atoms with Crippen LogP contribution in [0.5, 0.6) is 5.75 Å². The second-order valence-corrected chi connectivity index (χ2v) is 8.15. The first-order chi connectivity index (χ1) is 14.0. The normalized spacial score (nSPS) is 19.9. The van der Waals surface area contributed by atoms with Crippen LogP contribution in [0.1, 0.15) is 11.1 Å². The zero-order chi connectivity index (χ0) is 22.1. The fourth-order valence-electron chi connectivity index (χ4n) is 3.12. The number of alkyl halides is 3. The van der Waals surface area contributed by atoms with Gasteiger partial charge in [-0.25, -0.2) is 0 Å². The summed E-state index contributed by atoms with van der Waals surface area (Å²) in [5.41, 5.74) is -4.52. The Hall–Kier alpha value is -2.63. The van der Waals surface area contributed by atoms with E-state index < -0.39 is 39.5 Å². The van der Waals surface area contributed by atoms with Crippen LogP contribution < -0.4 is 9.08 Å². The third-order valence-corrected chi connectivity index (χ3v) is 5.52. The fourth-order valence-corrected chi connectivity index (χ4v) is 3.61. The SMILES string of the molecule is COC1C(=O)N(c2ccc(OS(=O)(=O)C(F)(F)F)c(Cc3ccccc3)c2)CC1O. The molecule has 0 radical (unpaired) electrons. The molecule has 162 valence electrons. The summed E-state index contributed by atoms with van der Waals surface area (Å²) in [4.78, 5) is 13.6. The quantitative estimate of drug-likeness (QED) is 0.542. The Morgan fingerprint density at radius 2 is 1.83 bits per heavy atom. The van der Waals surface area contributed by atoms with E-state index >= 15 is 0 Å². The van der Waals surface area contributed by atoms with E-state index in [2.05, 4.69) is 4.18 Å². The van der Waals surface area contributed by atoms with Crippen molar-refractivity contribution in [2.24, 2.45) is 0 Å². The molecule has 0 aliphatic carbocycles. The highest BCUT2D eigenvalue weighted by Gasteiger charge is 2.49. The Labute approximate surface area is 170 Å². The molecule has 30 heavy (non-hydrogen) atoms. The van der Waals surface area contributed by atoms with Gasteiger partial charge in [-0.3, -0.25) is 4.79 Å². The number of rotatable bonds is 6. The Balaban J connectivity index is 2.00. The second-order valence-electron chi connectivity index (χ2n) is 6.61. The molecule has 1 fully saturated rings. The number of halogens is 3. The van der Waals surface area contributed by atoms with Gasteiger partial charge in [0.25, 0.3) is 5.91 Å². The van der Waals surface area contributed by atoms with Gasteiger partial charge in [-0.1, -0.05) is 30.3 Å². The first-order valence-corrected chi connectivity index (χ1v) is 10.1. The number of carbonyl (C=O) groups is 1. The van der Waals surface area contributed by atoms with E-state index in [9.17, 15) is 31.5 Å². The zero-order valence-electron chi connectivity index (χ0n) is 15.7. The molecule has 1 amide bonds. The number of β-amino-alcohol motifs (C(OH)–C–C–N with tert-alkyl or cyclic N) is 1. The van der Waals surface area contributed by atoms with Crippen molar-refractivity contribution < 1.29 is 40.4 Å². The van der Waals surface area contributed by atoms with Gasteiger partial charge >= 0.3 is 15.6 Å². The van der Waals surface area contributed by atoms with Crippen molar-refractivity contribution in [3.05, 3.63) is 59.7 Å². The predicted octanol–water partition coefficient (Wildman–Crippen LogP) is 2.23. The van der Waals surface area contributed by atoms with Crippen molar-refractivity contribution in [3.8, 4) is 5.75 Å². The van der Waals surface area contributed by atoms with Crippen LogP contribution in [0.2, 0.25) is 0 Å². The molecule has 3 rings (SSSR count). The van der Waals surface area contributed by atoms with E-state index in [1.165, 1.54) is 24.1 Å². The number of methoxy groups -OCH3 is 1. The minimum Gasteiger partial charge on any atom is -0.388 e. The lowest BCUT2D eigenvalue weighted by Crippen LogP contribution is -2.31. The van der Waals surface area contributed by atoms with E-state index in [0.717, 1.165) is 6.07 Å². The topological polar surface area (TPSA) is 93.1 Å². The van der Waals surface area contributed by atoms with Crippen LogP contribution in [0.15, 0.2) is 48.5 Å². The summed E-state index contributed by atoms with van der Waals surface area (Å²) in [5.74, 6) is -1.03. The summed E-state index contributed by atoms with van der Waals surface area (Å²) >= 11 is 0. The third-order valence-electron chi connectivity index (χ3n) is 4.56. The van der Waals surface area contributed by atoms with Gasteiger partial charge < -0.3 is 18.9 Å². The third kappa shape index (κ3) is 4.42. The Kier molecular flexibility index (Phi) is 6.06. The summed E-state index contributed by atoms with van der Waals surface area (Å²) in [6, 6.07) is 12.3. The average Bonchev–Trinajstić information content (AvgIpc) is 2.96. The maximum atomic E-state index is 12.8. The smallest absolute Gasteiger partial charge is 0.388 e. The maximum absolute atomic E-state index is 12.8. The largest absolute Gasteiger partial charge is 0.534 e. The van der Waals surface area contributed by atoms with Crippen LogP contribution in [0.25, 0.3) is 0 Å². The van der Waals surface area contributed by atoms with Gasteiger partial charge in [-0.2, -0.15) is 21.6 Å². The maximum Gasteiger partial charge on any atom is 0.534 e. The predicted molar refractivity (Wildman–Crippen MR) is 100 cm³/mol. The monoisotopic (exact) mass is 445 g/mol. The minimum atomic E-state index is -5.87. The van der Waals surface area contributed by atoms with Gasteiger partial charge in [0.15, 0.2) is 6.10 Å². The fraction of sp³-hybridized carbons (Fsp3) is 0.316. The van der Waals surface area contributed by atoms with Gasteiger partial charge in [0.1, 0.15) is 11.9 Å². The highest BCUT2D eigenvalue weighted by atomic mass is 32.2. The van der Waals surface area contributed by atoms with Crippen LogP contribution in [0.3, 0.4) is 0 Å². The molecule has 7 nitrogen and oxygen atoms in total. The lowest BCUT2D eigenvalue weighted by Gasteiger charge is -2.19. The van der Waals surface area contributed by atoms with Gasteiger partial charge in [-0.05, 0) is 23.8 Å². The lowest BCUT2D eigenvalue weighted by molar-refractivity contribution is -0.128. The Morgan fingerprint density at radius 3 is 2.40 bits per heavy atom. The van der Waals surface area contributed by atoms with Gasteiger partial charge in [0, 0.05) is 24.8 Å². The van der Waals surface area contributed by atoms with Crippen LogP contribution >= 0.6 is 0 Å². The first kappa shape index (κ1) is 22.1. The Morgan fingerprint density at radius 1 is 1.17 bits per heavy atom. The summed E-state index contributed by atoms with van der Waals surface area (Å²) in [5, 5.41) is 9.98. The number of benzene rings is 2. The molecule has 0 saturated carbocycles. The van der Waals surface area contributed by atoms with Crippen molar-refractivity contribution in [1.82, 2.24) is 0 Å². The summed E-state index contributed by atoms with van der Waals surface area (Å²) < 4.78 is 70.6. The molecule has 1 N–H and O–H groups in total. The molecule has 1 aliphatic heterocycles. The number of aliphatic hydroxyl groups is 1. The number of hydrogen-bond donors (Lipinski definition) is 1. The van der Waals surface area contributed by atoms with Crippen LogP contribution in [-0.2, 0) is 26.1 Å². The highest BCUT2D eigenvalue weighted by molar-refractivity contribution is 7.88. The van der Waals surface area contributed by atoms with E-state index in [0.29, 0.717) is 5.56 Å². The highest BCUT2D eigenvalue weighted by Crippen LogP contribution is 2.34. The second kappa shape index (κ2) is 8.25. The molecule has 2 aromatic carbocycles. The molecule has 11 heteroatoms. The average molecular weight is 445 g/mol. The number of anilines is 1. The van der Waals surface area contributed by atoms with Crippen LogP contribution in [-0.4, -0.2) is 50.8 Å². The molecular formula is C19H18F3NO6S. The van der Waals surface area contributed by atoms with E-state index in [-0.39, 0.29) is 24.2 Å². The summed E-state index contributed by atoms with van der Waals surface area (Å²) in [7, 11) is -4.60. The minimum absolute atomic E-state index is 0.0513. The number of carbonyl (C=O) groups excluding carboxylic acids is 1. The van der Waals surface area contributed by atoms with Crippen molar-refractivity contribution >= 4 is 21.7 Å². The summed E-state index contributed by atoms with van der Waals surface area (Å²) in [6.07, 6.45) is -2.10. The van der Waals surface area contributed by atoms with Gasteiger partial charge in [0.2, 0.25) is 0 Å². The van der Waals surface area contributed by atoms with Gasteiger partial charge in [0.05, 0.1) is 6.54 Å². The van der Waals surface area contributed by atoms with Crippen LogP contribution in [0.4, 0.5) is 18.9 Å². The summed E-state index contributed by atoms with van der Waals surface area (Å²) in [6.45, 7) is -0.0802. The number of ether oxygens (including phenoxy) is 1. The molecule has 0 aromatic heterocycles. The molecule has 2 atom stereocenters. The van der Waals surface area contributed by atoms with E-state index in [1.54, 1.807) is 30.3 Å². The van der Waals surface area contributed by atoms with E-state index in [4.69, 9.17) is 4.74 Å². The molecular weight excluding hydrogens is 427 g/mol. The van der Waals surface area contributed by atoms with Gasteiger partial charge in [-0.15, -0.1) is 0 Å². The van der Waals surface area contributed by atoms with Crippen molar-refractivity contribution in [3.63, 3.8) is 0 Å². The van der Waals surface area contributed by atoms with Crippen molar-refractivity contribution in [2.75, 3.05) is 18.6 Å². The number of aliphatic hydroxyl groups excluding tert-OH is 1.